The molecule has 2 aliphatic rings. The minimum atomic E-state index is -0.808. The Bertz CT molecular complexity index is 592. The Hall–Kier alpha value is -1.55. The second-order valence-electron chi connectivity index (χ2n) is 5.88. The number of hydrogen-bond acceptors (Lipinski definition) is 2. The van der Waals surface area contributed by atoms with Crippen LogP contribution in [-0.2, 0) is 0 Å². The molecule has 1 amide bonds. The Balaban J connectivity index is 1.71. The maximum atomic E-state index is 10.8. The van der Waals surface area contributed by atoms with Gasteiger partial charge in [0, 0.05) is 18.5 Å². The highest BCUT2D eigenvalue weighted by Gasteiger charge is 2.45. The smallest absolute Gasteiger partial charge is 0.407 e. The molecular weight excluding hydrogens is 276 g/mol. The highest BCUT2D eigenvalue weighted by molar-refractivity contribution is 6.30. The summed E-state index contributed by atoms with van der Waals surface area (Å²) in [5.41, 5.74) is 3.33. The standard InChI is InChI=1S/C15H17ClN2O2/c1-10-2-3-12(17-13(10)16)11-4-6-15(7-5-11)8-18(9-15)14(19)20/h2-4H,5-9H2,1H3,(H,19,20). The van der Waals surface area contributed by atoms with Crippen molar-refractivity contribution in [2.24, 2.45) is 5.41 Å². The first-order valence-corrected chi connectivity index (χ1v) is 7.17. The van der Waals surface area contributed by atoms with E-state index >= 15 is 0 Å². The molecule has 1 aromatic heterocycles. The summed E-state index contributed by atoms with van der Waals surface area (Å²) >= 11 is 6.07. The van der Waals surface area contributed by atoms with Crippen LogP contribution in [0.3, 0.4) is 0 Å². The first-order valence-electron chi connectivity index (χ1n) is 6.80. The molecule has 1 fully saturated rings. The monoisotopic (exact) mass is 292 g/mol. The molecule has 0 atom stereocenters. The zero-order valence-electron chi connectivity index (χ0n) is 11.4. The summed E-state index contributed by atoms with van der Waals surface area (Å²) in [7, 11) is 0. The second-order valence-corrected chi connectivity index (χ2v) is 6.23. The summed E-state index contributed by atoms with van der Waals surface area (Å²) in [5, 5.41) is 9.48. The summed E-state index contributed by atoms with van der Waals surface area (Å²) in [4.78, 5) is 16.8. The Morgan fingerprint density at radius 1 is 1.45 bits per heavy atom. The number of halogens is 1. The average Bonchev–Trinajstić information content (AvgIpc) is 2.39. The van der Waals surface area contributed by atoms with Crippen molar-refractivity contribution >= 4 is 23.3 Å². The Labute approximate surface area is 123 Å². The van der Waals surface area contributed by atoms with E-state index in [1.54, 1.807) is 0 Å². The van der Waals surface area contributed by atoms with E-state index in [4.69, 9.17) is 16.7 Å². The van der Waals surface area contributed by atoms with E-state index in [0.29, 0.717) is 18.2 Å². The van der Waals surface area contributed by atoms with Crippen molar-refractivity contribution in [1.29, 1.82) is 0 Å². The van der Waals surface area contributed by atoms with Gasteiger partial charge in [-0.25, -0.2) is 9.78 Å². The van der Waals surface area contributed by atoms with Crippen molar-refractivity contribution in [2.45, 2.75) is 26.2 Å². The molecule has 106 valence electrons. The normalized spacial score (nSPS) is 20.5. The fraction of sp³-hybridized carbons (Fsp3) is 0.467. The van der Waals surface area contributed by atoms with Crippen molar-refractivity contribution in [3.63, 3.8) is 0 Å². The van der Waals surface area contributed by atoms with E-state index in [1.165, 1.54) is 10.5 Å². The number of amides is 1. The van der Waals surface area contributed by atoms with E-state index in [1.807, 2.05) is 19.1 Å². The van der Waals surface area contributed by atoms with Crippen molar-refractivity contribution < 1.29 is 9.90 Å². The van der Waals surface area contributed by atoms with Gasteiger partial charge < -0.3 is 10.0 Å². The molecule has 0 unspecified atom stereocenters. The van der Waals surface area contributed by atoms with Gasteiger partial charge in [-0.05, 0) is 43.4 Å². The lowest BCUT2D eigenvalue weighted by molar-refractivity contribution is 0.00502. The van der Waals surface area contributed by atoms with Crippen LogP contribution in [0.25, 0.3) is 5.57 Å². The summed E-state index contributed by atoms with van der Waals surface area (Å²) in [5.74, 6) is 0. The van der Waals surface area contributed by atoms with E-state index in [2.05, 4.69) is 11.1 Å². The second kappa shape index (κ2) is 4.77. The summed E-state index contributed by atoms with van der Waals surface area (Å²) < 4.78 is 0. The molecule has 4 nitrogen and oxygen atoms in total. The first kappa shape index (κ1) is 13.4. The van der Waals surface area contributed by atoms with Crippen LogP contribution in [0.15, 0.2) is 18.2 Å². The van der Waals surface area contributed by atoms with E-state index in [-0.39, 0.29) is 5.41 Å². The Morgan fingerprint density at radius 2 is 2.20 bits per heavy atom. The van der Waals surface area contributed by atoms with Gasteiger partial charge in [0.1, 0.15) is 5.15 Å². The zero-order valence-corrected chi connectivity index (χ0v) is 12.2. The number of rotatable bonds is 1. The van der Waals surface area contributed by atoms with E-state index in [9.17, 15) is 4.79 Å². The highest BCUT2D eigenvalue weighted by atomic mass is 35.5. The molecule has 5 heteroatoms. The predicted octanol–water partition coefficient (Wildman–Crippen LogP) is 3.59. The van der Waals surface area contributed by atoms with Gasteiger partial charge in [-0.15, -0.1) is 0 Å². The van der Waals surface area contributed by atoms with Crippen molar-refractivity contribution in [1.82, 2.24) is 9.88 Å². The lowest BCUT2D eigenvalue weighted by atomic mass is 9.69. The van der Waals surface area contributed by atoms with Crippen molar-refractivity contribution in [3.05, 3.63) is 34.6 Å². The van der Waals surface area contributed by atoms with Gasteiger partial charge in [-0.1, -0.05) is 23.7 Å². The molecule has 1 aliphatic heterocycles. The minimum absolute atomic E-state index is 0.163. The van der Waals surface area contributed by atoms with Gasteiger partial charge in [0.2, 0.25) is 0 Å². The Morgan fingerprint density at radius 3 is 2.75 bits per heavy atom. The molecule has 0 aromatic carbocycles. The van der Waals surface area contributed by atoms with Crippen LogP contribution >= 0.6 is 11.6 Å². The van der Waals surface area contributed by atoms with Gasteiger partial charge >= 0.3 is 6.09 Å². The van der Waals surface area contributed by atoms with Gasteiger partial charge in [-0.3, -0.25) is 0 Å². The van der Waals surface area contributed by atoms with Gasteiger partial charge in [0.05, 0.1) is 5.69 Å². The lowest BCUT2D eigenvalue weighted by Gasteiger charge is -2.50. The molecule has 1 N–H and O–H groups in total. The fourth-order valence-electron chi connectivity index (χ4n) is 3.04. The average molecular weight is 293 g/mol. The van der Waals surface area contributed by atoms with Crippen LogP contribution in [0.4, 0.5) is 4.79 Å². The molecule has 0 saturated carbocycles. The number of allylic oxidation sites excluding steroid dienone is 2. The molecular formula is C15H17ClN2O2. The molecule has 2 heterocycles. The van der Waals surface area contributed by atoms with Crippen LogP contribution in [-0.4, -0.2) is 34.2 Å². The summed E-state index contributed by atoms with van der Waals surface area (Å²) in [6, 6.07) is 4.00. The molecule has 20 heavy (non-hydrogen) atoms. The van der Waals surface area contributed by atoms with Gasteiger partial charge in [0.25, 0.3) is 0 Å². The third-order valence-electron chi connectivity index (χ3n) is 4.39. The summed E-state index contributed by atoms with van der Waals surface area (Å²) in [6.45, 7) is 3.26. The number of carboxylic acid groups (broad SMARTS) is 1. The summed E-state index contributed by atoms with van der Waals surface area (Å²) in [6.07, 6.45) is 4.29. The molecule has 0 bridgehead atoms. The third-order valence-corrected chi connectivity index (χ3v) is 4.78. The molecule has 0 radical (unpaired) electrons. The van der Waals surface area contributed by atoms with E-state index < -0.39 is 6.09 Å². The quantitative estimate of drug-likeness (QED) is 0.805. The largest absolute Gasteiger partial charge is 0.465 e. The van der Waals surface area contributed by atoms with Gasteiger partial charge in [-0.2, -0.15) is 0 Å². The zero-order chi connectivity index (χ0) is 14.3. The number of aryl methyl sites for hydroxylation is 1. The minimum Gasteiger partial charge on any atom is -0.465 e. The van der Waals surface area contributed by atoms with Crippen LogP contribution in [0.5, 0.6) is 0 Å². The maximum absolute atomic E-state index is 10.8. The van der Waals surface area contributed by atoms with Crippen LogP contribution < -0.4 is 0 Å². The van der Waals surface area contributed by atoms with Crippen LogP contribution in [0.1, 0.15) is 30.5 Å². The van der Waals surface area contributed by atoms with Crippen LogP contribution in [0, 0.1) is 12.3 Å². The van der Waals surface area contributed by atoms with Crippen molar-refractivity contribution in [3.8, 4) is 0 Å². The lowest BCUT2D eigenvalue weighted by Crippen LogP contribution is -2.58. The first-order chi connectivity index (χ1) is 9.49. The molecule has 1 saturated heterocycles. The molecule has 1 aromatic rings. The maximum Gasteiger partial charge on any atom is 0.407 e. The molecule has 3 rings (SSSR count). The molecule has 1 spiro atoms. The highest BCUT2D eigenvalue weighted by Crippen LogP contribution is 2.44. The number of aromatic nitrogens is 1. The number of nitrogens with zero attached hydrogens (tertiary/aromatic N) is 2. The van der Waals surface area contributed by atoms with Crippen molar-refractivity contribution in [2.75, 3.05) is 13.1 Å². The number of hydrogen-bond donors (Lipinski definition) is 1. The topological polar surface area (TPSA) is 53.4 Å². The number of carbonyl (C=O) groups is 1. The SMILES string of the molecule is Cc1ccc(C2=CCC3(CC2)CN(C(=O)O)C3)nc1Cl. The number of pyridine rings is 1. The molecule has 1 aliphatic carbocycles. The predicted molar refractivity (Wildman–Crippen MR) is 77.8 cm³/mol. The third kappa shape index (κ3) is 2.29. The fourth-order valence-corrected chi connectivity index (χ4v) is 3.20. The van der Waals surface area contributed by atoms with Crippen LogP contribution in [0.2, 0.25) is 5.15 Å². The number of likely N-dealkylation sites (tertiary alicyclic amines) is 1. The van der Waals surface area contributed by atoms with E-state index in [0.717, 1.165) is 30.5 Å². The Kier molecular flexibility index (Phi) is 3.21. The van der Waals surface area contributed by atoms with Gasteiger partial charge in [0.15, 0.2) is 0 Å².